The number of rotatable bonds is 3. The van der Waals surface area contributed by atoms with Crippen LogP contribution in [0.3, 0.4) is 0 Å². The molecular formula is C12H11ClN2O2. The first kappa shape index (κ1) is 10.6. The van der Waals surface area contributed by atoms with Gasteiger partial charge in [-0.2, -0.15) is 0 Å². The number of fused-ring (bicyclic) bond motifs is 1. The van der Waals surface area contributed by atoms with Crippen LogP contribution >= 0.6 is 11.6 Å². The van der Waals surface area contributed by atoms with Crippen molar-refractivity contribution in [2.24, 2.45) is 5.92 Å². The maximum Gasteiger partial charge on any atom is 0.352 e. The third-order valence-corrected chi connectivity index (χ3v) is 3.28. The van der Waals surface area contributed by atoms with Gasteiger partial charge in [-0.15, -0.1) is 0 Å². The van der Waals surface area contributed by atoms with E-state index < -0.39 is 5.97 Å². The molecule has 17 heavy (non-hydrogen) atoms. The summed E-state index contributed by atoms with van der Waals surface area (Å²) in [7, 11) is 0. The number of pyridine rings is 1. The molecule has 0 atom stereocenters. The Hall–Kier alpha value is -1.55. The highest BCUT2D eigenvalue weighted by molar-refractivity contribution is 6.29. The molecule has 0 unspecified atom stereocenters. The van der Waals surface area contributed by atoms with Gasteiger partial charge in [-0.1, -0.05) is 11.6 Å². The van der Waals surface area contributed by atoms with E-state index in [1.165, 1.54) is 12.8 Å². The first-order valence-corrected chi connectivity index (χ1v) is 5.92. The summed E-state index contributed by atoms with van der Waals surface area (Å²) in [6, 6.07) is 5.14. The van der Waals surface area contributed by atoms with Crippen LogP contribution < -0.4 is 0 Å². The molecule has 0 bridgehead atoms. The highest BCUT2D eigenvalue weighted by Crippen LogP contribution is 2.33. The van der Waals surface area contributed by atoms with Crippen molar-refractivity contribution in [2.45, 2.75) is 19.4 Å². The van der Waals surface area contributed by atoms with Gasteiger partial charge in [0.25, 0.3) is 0 Å². The molecule has 1 fully saturated rings. The molecule has 0 amide bonds. The molecule has 0 aromatic carbocycles. The third kappa shape index (κ3) is 1.89. The fourth-order valence-electron chi connectivity index (χ4n) is 2.02. The molecule has 1 aliphatic rings. The quantitative estimate of drug-likeness (QED) is 0.853. The van der Waals surface area contributed by atoms with Crippen LogP contribution in [0.4, 0.5) is 0 Å². The van der Waals surface area contributed by atoms with Crippen molar-refractivity contribution in [2.75, 3.05) is 0 Å². The number of hydrogen-bond donors (Lipinski definition) is 1. The number of hydrogen-bond acceptors (Lipinski definition) is 2. The third-order valence-electron chi connectivity index (χ3n) is 3.07. The Morgan fingerprint density at radius 2 is 2.29 bits per heavy atom. The summed E-state index contributed by atoms with van der Waals surface area (Å²) in [6.07, 6.45) is 2.33. The van der Waals surface area contributed by atoms with E-state index in [1.807, 2.05) is 0 Å². The number of carboxylic acids is 1. The van der Waals surface area contributed by atoms with E-state index in [0.717, 1.165) is 11.9 Å². The minimum Gasteiger partial charge on any atom is -0.477 e. The molecule has 2 aromatic rings. The van der Waals surface area contributed by atoms with Crippen LogP contribution in [0, 0.1) is 5.92 Å². The highest BCUT2D eigenvalue weighted by Gasteiger charge is 2.25. The number of carboxylic acid groups (broad SMARTS) is 1. The zero-order chi connectivity index (χ0) is 12.0. The maximum absolute atomic E-state index is 11.2. The predicted octanol–water partition coefficient (Wildman–Crippen LogP) is 2.80. The van der Waals surface area contributed by atoms with Crippen LogP contribution in [0.5, 0.6) is 0 Å². The van der Waals surface area contributed by atoms with Gasteiger partial charge in [-0.25, -0.2) is 9.78 Å². The number of aromatic nitrogens is 2. The summed E-state index contributed by atoms with van der Waals surface area (Å²) in [6.45, 7) is 0.721. The molecule has 0 spiro atoms. The van der Waals surface area contributed by atoms with Crippen LogP contribution in [0.25, 0.3) is 11.0 Å². The largest absolute Gasteiger partial charge is 0.477 e. The molecule has 2 heterocycles. The summed E-state index contributed by atoms with van der Waals surface area (Å²) in [5.74, 6) is -0.329. The average Bonchev–Trinajstić information content (AvgIpc) is 3.01. The lowest BCUT2D eigenvalue weighted by Crippen LogP contribution is -2.10. The Morgan fingerprint density at radius 3 is 2.94 bits per heavy atom. The zero-order valence-electron chi connectivity index (χ0n) is 9.06. The Labute approximate surface area is 103 Å². The first-order chi connectivity index (χ1) is 8.15. The Bertz CT molecular complexity index is 602. The second-order valence-corrected chi connectivity index (χ2v) is 4.82. The van der Waals surface area contributed by atoms with Crippen LogP contribution in [-0.2, 0) is 6.54 Å². The lowest BCUT2D eigenvalue weighted by molar-refractivity contribution is 0.0685. The van der Waals surface area contributed by atoms with Crippen molar-refractivity contribution in [3.63, 3.8) is 0 Å². The highest BCUT2D eigenvalue weighted by atomic mass is 35.5. The lowest BCUT2D eigenvalue weighted by Gasteiger charge is -2.06. The molecule has 1 aliphatic carbocycles. The lowest BCUT2D eigenvalue weighted by atomic mass is 10.3. The average molecular weight is 251 g/mol. The molecule has 88 valence electrons. The summed E-state index contributed by atoms with van der Waals surface area (Å²) in [5.41, 5.74) is 0.962. The molecule has 0 saturated heterocycles. The SMILES string of the molecule is O=C(O)c1cc2ccc(Cl)nc2n1CC1CC1. The summed E-state index contributed by atoms with van der Waals surface area (Å²) in [4.78, 5) is 15.4. The van der Waals surface area contributed by atoms with Gasteiger partial charge in [0.1, 0.15) is 16.5 Å². The topological polar surface area (TPSA) is 55.1 Å². The molecule has 0 radical (unpaired) electrons. The number of carbonyl (C=O) groups is 1. The number of nitrogens with zero attached hydrogens (tertiary/aromatic N) is 2. The molecule has 2 aromatic heterocycles. The fraction of sp³-hybridized carbons (Fsp3) is 0.333. The van der Waals surface area contributed by atoms with E-state index in [4.69, 9.17) is 11.6 Å². The molecule has 1 saturated carbocycles. The van der Waals surface area contributed by atoms with Crippen molar-refractivity contribution in [1.29, 1.82) is 0 Å². The van der Waals surface area contributed by atoms with Crippen LogP contribution in [0.2, 0.25) is 5.15 Å². The molecular weight excluding hydrogens is 240 g/mol. The second kappa shape index (κ2) is 3.74. The van der Waals surface area contributed by atoms with E-state index in [0.29, 0.717) is 22.4 Å². The van der Waals surface area contributed by atoms with Gasteiger partial charge in [0, 0.05) is 11.9 Å². The van der Waals surface area contributed by atoms with Gasteiger partial charge in [0.05, 0.1) is 0 Å². The van der Waals surface area contributed by atoms with Crippen molar-refractivity contribution in [1.82, 2.24) is 9.55 Å². The van der Waals surface area contributed by atoms with Crippen molar-refractivity contribution in [3.8, 4) is 0 Å². The summed E-state index contributed by atoms with van der Waals surface area (Å²) in [5, 5.41) is 10.4. The normalized spacial score (nSPS) is 15.4. The second-order valence-electron chi connectivity index (χ2n) is 4.44. The minimum atomic E-state index is -0.917. The zero-order valence-corrected chi connectivity index (χ0v) is 9.81. The smallest absolute Gasteiger partial charge is 0.352 e. The van der Waals surface area contributed by atoms with Crippen molar-refractivity contribution < 1.29 is 9.90 Å². The maximum atomic E-state index is 11.2. The number of aromatic carboxylic acids is 1. The summed E-state index contributed by atoms with van der Waals surface area (Å²) < 4.78 is 1.77. The predicted molar refractivity (Wildman–Crippen MR) is 64.4 cm³/mol. The standard InChI is InChI=1S/C12H11ClN2O2/c13-10-4-3-8-5-9(12(16)17)15(11(8)14-10)6-7-1-2-7/h3-5,7H,1-2,6H2,(H,16,17). The Balaban J connectivity index is 2.20. The van der Waals surface area contributed by atoms with E-state index in [9.17, 15) is 9.90 Å². The van der Waals surface area contributed by atoms with Crippen molar-refractivity contribution in [3.05, 3.63) is 29.0 Å². The van der Waals surface area contributed by atoms with E-state index in [-0.39, 0.29) is 0 Å². The molecule has 4 nitrogen and oxygen atoms in total. The van der Waals surface area contributed by atoms with Crippen molar-refractivity contribution >= 4 is 28.6 Å². The van der Waals surface area contributed by atoms with Gasteiger partial charge in [-0.3, -0.25) is 0 Å². The minimum absolute atomic E-state index is 0.293. The van der Waals surface area contributed by atoms with E-state index >= 15 is 0 Å². The number of halogens is 1. The Kier molecular flexibility index (Phi) is 2.33. The van der Waals surface area contributed by atoms with E-state index in [2.05, 4.69) is 4.98 Å². The van der Waals surface area contributed by atoms with Gasteiger partial charge < -0.3 is 9.67 Å². The van der Waals surface area contributed by atoms with Gasteiger partial charge in [-0.05, 0) is 37.0 Å². The monoisotopic (exact) mass is 250 g/mol. The molecule has 1 N–H and O–H groups in total. The fourth-order valence-corrected chi connectivity index (χ4v) is 2.17. The molecule has 5 heteroatoms. The van der Waals surface area contributed by atoms with Crippen LogP contribution in [0.15, 0.2) is 18.2 Å². The van der Waals surface area contributed by atoms with Crippen LogP contribution in [0.1, 0.15) is 23.3 Å². The first-order valence-electron chi connectivity index (χ1n) is 5.54. The van der Waals surface area contributed by atoms with Gasteiger partial charge in [0.15, 0.2) is 0 Å². The molecule has 0 aliphatic heterocycles. The van der Waals surface area contributed by atoms with Gasteiger partial charge >= 0.3 is 5.97 Å². The van der Waals surface area contributed by atoms with E-state index in [1.54, 1.807) is 22.8 Å². The summed E-state index contributed by atoms with van der Waals surface area (Å²) >= 11 is 5.86. The Morgan fingerprint density at radius 1 is 1.53 bits per heavy atom. The van der Waals surface area contributed by atoms with Gasteiger partial charge in [0.2, 0.25) is 0 Å². The molecule has 3 rings (SSSR count). The van der Waals surface area contributed by atoms with Crippen LogP contribution in [-0.4, -0.2) is 20.6 Å².